The van der Waals surface area contributed by atoms with E-state index in [1.54, 1.807) is 29.4 Å². The normalized spacial score (nSPS) is 16.8. The minimum Gasteiger partial charge on any atom is -0.349 e. The number of carbonyl (C=O) groups excluding carboxylic acids is 1. The topological polar surface area (TPSA) is 76.0 Å². The van der Waals surface area contributed by atoms with Gasteiger partial charge in [0.15, 0.2) is 5.11 Å². The van der Waals surface area contributed by atoms with Crippen LogP contribution >= 0.6 is 12.2 Å². The molecule has 0 radical (unpaired) electrons. The summed E-state index contributed by atoms with van der Waals surface area (Å²) < 4.78 is 55.8. The lowest BCUT2D eigenvalue weighted by atomic mass is 9.75. The van der Waals surface area contributed by atoms with Gasteiger partial charge in [-0.1, -0.05) is 6.07 Å². The summed E-state index contributed by atoms with van der Waals surface area (Å²) in [4.78, 5) is 23.4. The lowest BCUT2D eigenvalue weighted by Crippen LogP contribution is -2.55. The standard InChI is InChI=1S/C26H21F4N5OS/c27-21-14-19(8-5-16(21)3-1-4-22-32-11-12-33-22)35-24(37)34(23(36)25(35)9-2-10-25)18-7-6-17(15-31)20(13-18)26(28,29)30/h5-8,11-14H,1-4,9-10H2,(H,32,33). The second-order valence-electron chi connectivity index (χ2n) is 9.15. The van der Waals surface area contributed by atoms with Crippen LogP contribution in [0.5, 0.6) is 0 Å². The van der Waals surface area contributed by atoms with Crippen molar-refractivity contribution in [3.63, 3.8) is 0 Å². The molecule has 37 heavy (non-hydrogen) atoms. The van der Waals surface area contributed by atoms with E-state index >= 15 is 4.39 Å². The zero-order valence-corrected chi connectivity index (χ0v) is 20.3. The first-order chi connectivity index (χ1) is 17.7. The Labute approximate surface area is 215 Å². The average molecular weight is 528 g/mol. The van der Waals surface area contributed by atoms with Gasteiger partial charge >= 0.3 is 6.18 Å². The first-order valence-corrected chi connectivity index (χ1v) is 12.1. The van der Waals surface area contributed by atoms with E-state index in [0.717, 1.165) is 29.3 Å². The van der Waals surface area contributed by atoms with Crippen LogP contribution in [-0.2, 0) is 23.8 Å². The molecule has 1 amide bonds. The number of aromatic nitrogens is 2. The molecule has 2 fully saturated rings. The fourth-order valence-electron chi connectivity index (χ4n) is 4.97. The highest BCUT2D eigenvalue weighted by Crippen LogP contribution is 2.48. The van der Waals surface area contributed by atoms with Gasteiger partial charge in [0.2, 0.25) is 0 Å². The number of carbonyl (C=O) groups is 1. The van der Waals surface area contributed by atoms with Gasteiger partial charge in [0, 0.05) is 24.5 Å². The quantitative estimate of drug-likeness (QED) is 0.330. The second-order valence-corrected chi connectivity index (χ2v) is 9.51. The molecule has 1 aliphatic carbocycles. The van der Waals surface area contributed by atoms with Crippen molar-refractivity contribution in [1.29, 1.82) is 5.26 Å². The number of nitrogens with zero attached hydrogens (tertiary/aromatic N) is 4. The van der Waals surface area contributed by atoms with Gasteiger partial charge in [-0.2, -0.15) is 18.4 Å². The number of aryl methyl sites for hydroxylation is 2. The van der Waals surface area contributed by atoms with Crippen LogP contribution in [0.4, 0.5) is 28.9 Å². The van der Waals surface area contributed by atoms with Crippen molar-refractivity contribution in [3.8, 4) is 6.07 Å². The summed E-state index contributed by atoms with van der Waals surface area (Å²) in [5.41, 5.74) is -1.96. The molecule has 1 saturated carbocycles. The van der Waals surface area contributed by atoms with Gasteiger partial charge in [-0.15, -0.1) is 0 Å². The number of amides is 1. The largest absolute Gasteiger partial charge is 0.417 e. The van der Waals surface area contributed by atoms with Gasteiger partial charge in [-0.25, -0.2) is 9.37 Å². The van der Waals surface area contributed by atoms with Crippen LogP contribution in [0.3, 0.4) is 0 Å². The number of benzene rings is 2. The number of nitrogens with one attached hydrogen (secondary N) is 1. The molecule has 3 aromatic rings. The number of thiocarbonyl (C=S) groups is 1. The number of anilines is 2. The first kappa shape index (κ1) is 24.9. The van der Waals surface area contributed by atoms with Crippen molar-refractivity contribution in [2.24, 2.45) is 0 Å². The lowest BCUT2D eigenvalue weighted by molar-refractivity contribution is -0.137. The highest BCUT2D eigenvalue weighted by Gasteiger charge is 2.59. The first-order valence-electron chi connectivity index (χ1n) is 11.7. The third-order valence-electron chi connectivity index (χ3n) is 6.99. The summed E-state index contributed by atoms with van der Waals surface area (Å²) in [5.74, 6) is -0.0798. The van der Waals surface area contributed by atoms with Crippen LogP contribution < -0.4 is 9.80 Å². The monoisotopic (exact) mass is 527 g/mol. The summed E-state index contributed by atoms with van der Waals surface area (Å²) in [5, 5.41) is 9.09. The van der Waals surface area contributed by atoms with Gasteiger partial charge in [0.05, 0.1) is 22.9 Å². The molecule has 11 heteroatoms. The van der Waals surface area contributed by atoms with Crippen LogP contribution in [0.25, 0.3) is 0 Å². The zero-order chi connectivity index (χ0) is 26.4. The van der Waals surface area contributed by atoms with E-state index in [1.807, 2.05) is 0 Å². The van der Waals surface area contributed by atoms with Gasteiger partial charge in [0.1, 0.15) is 17.2 Å². The maximum Gasteiger partial charge on any atom is 0.417 e. The fourth-order valence-corrected chi connectivity index (χ4v) is 5.44. The van der Waals surface area contributed by atoms with Gasteiger partial charge in [-0.05, 0) is 80.2 Å². The Morgan fingerprint density at radius 1 is 1.14 bits per heavy atom. The van der Waals surface area contributed by atoms with Crippen molar-refractivity contribution < 1.29 is 22.4 Å². The van der Waals surface area contributed by atoms with Crippen molar-refractivity contribution in [1.82, 2.24) is 9.97 Å². The highest BCUT2D eigenvalue weighted by atomic mass is 32.1. The average Bonchev–Trinajstić information content (AvgIpc) is 3.43. The van der Waals surface area contributed by atoms with Crippen LogP contribution in [0, 0.1) is 17.1 Å². The maximum atomic E-state index is 15.1. The predicted octanol–water partition coefficient (Wildman–Crippen LogP) is 5.68. The summed E-state index contributed by atoms with van der Waals surface area (Å²) in [6.07, 6.45) is 2.05. The fraction of sp³-hybridized carbons (Fsp3) is 0.308. The lowest BCUT2D eigenvalue weighted by Gasteiger charge is -2.43. The van der Waals surface area contributed by atoms with E-state index in [1.165, 1.54) is 18.2 Å². The Hall–Kier alpha value is -3.78. The van der Waals surface area contributed by atoms with Crippen LogP contribution in [0.2, 0.25) is 0 Å². The molecular formula is C26H21F4N5OS. The van der Waals surface area contributed by atoms with E-state index in [2.05, 4.69) is 9.97 Å². The van der Waals surface area contributed by atoms with E-state index in [9.17, 15) is 18.0 Å². The molecule has 6 nitrogen and oxygen atoms in total. The number of H-pyrrole nitrogens is 1. The Kier molecular flexibility index (Phi) is 6.23. The molecule has 2 aromatic carbocycles. The molecule has 1 N–H and O–H groups in total. The number of hydrogen-bond acceptors (Lipinski definition) is 4. The number of rotatable bonds is 6. The third-order valence-corrected chi connectivity index (χ3v) is 7.35. The molecule has 0 unspecified atom stereocenters. The number of halogens is 4. The minimum absolute atomic E-state index is 0.0208. The Balaban J connectivity index is 1.44. The molecule has 1 aromatic heterocycles. The zero-order valence-electron chi connectivity index (χ0n) is 19.5. The van der Waals surface area contributed by atoms with Crippen molar-refractivity contribution in [2.45, 2.75) is 50.2 Å². The molecule has 2 aliphatic rings. The van der Waals surface area contributed by atoms with Crippen LogP contribution in [0.1, 0.15) is 48.2 Å². The Morgan fingerprint density at radius 2 is 1.89 bits per heavy atom. The number of nitriles is 1. The van der Waals surface area contributed by atoms with E-state index in [0.29, 0.717) is 43.4 Å². The highest BCUT2D eigenvalue weighted by molar-refractivity contribution is 7.81. The van der Waals surface area contributed by atoms with Crippen molar-refractivity contribution in [2.75, 3.05) is 9.80 Å². The van der Waals surface area contributed by atoms with Gasteiger partial charge < -0.3 is 9.88 Å². The molecule has 2 heterocycles. The molecule has 5 rings (SSSR count). The molecule has 190 valence electrons. The van der Waals surface area contributed by atoms with E-state index < -0.39 is 34.6 Å². The molecule has 1 spiro atoms. The number of hydrogen-bond donors (Lipinski definition) is 1. The Bertz CT molecular complexity index is 1410. The number of aromatic amines is 1. The number of imidazole rings is 1. The summed E-state index contributed by atoms with van der Waals surface area (Å²) in [6, 6.07) is 9.27. The minimum atomic E-state index is -4.78. The van der Waals surface area contributed by atoms with Gasteiger partial charge in [-0.3, -0.25) is 9.69 Å². The maximum absolute atomic E-state index is 15.1. The Morgan fingerprint density at radius 3 is 2.49 bits per heavy atom. The van der Waals surface area contributed by atoms with E-state index in [4.69, 9.17) is 17.5 Å². The molecule has 1 aliphatic heterocycles. The molecular weight excluding hydrogens is 506 g/mol. The summed E-state index contributed by atoms with van der Waals surface area (Å²) in [6.45, 7) is 0. The van der Waals surface area contributed by atoms with E-state index in [-0.39, 0.29) is 10.8 Å². The molecule has 0 atom stereocenters. The SMILES string of the molecule is N#Cc1ccc(N2C(=O)C3(CCC3)N(c3ccc(CCCc4ncc[nH]4)c(F)c3)C2=S)cc1C(F)(F)F. The number of alkyl halides is 3. The smallest absolute Gasteiger partial charge is 0.349 e. The summed E-state index contributed by atoms with van der Waals surface area (Å²) in [7, 11) is 0. The molecule has 0 bridgehead atoms. The second kappa shape index (κ2) is 9.27. The third kappa shape index (κ3) is 4.25. The predicted molar refractivity (Wildman–Crippen MR) is 132 cm³/mol. The van der Waals surface area contributed by atoms with Crippen molar-refractivity contribution >= 4 is 34.6 Å². The van der Waals surface area contributed by atoms with Crippen molar-refractivity contribution in [3.05, 3.63) is 77.1 Å². The molecule has 1 saturated heterocycles. The van der Waals surface area contributed by atoms with Crippen LogP contribution in [-0.4, -0.2) is 26.5 Å². The van der Waals surface area contributed by atoms with Gasteiger partial charge in [0.25, 0.3) is 5.91 Å². The van der Waals surface area contributed by atoms with Crippen LogP contribution in [0.15, 0.2) is 48.8 Å². The summed E-state index contributed by atoms with van der Waals surface area (Å²) >= 11 is 5.59.